The molecule has 84 valence electrons. The summed E-state index contributed by atoms with van der Waals surface area (Å²) >= 11 is 0. The number of carboxylic acids is 1. The van der Waals surface area contributed by atoms with E-state index in [0.717, 1.165) is 6.07 Å². The Kier molecular flexibility index (Phi) is 3.35. The zero-order valence-electron chi connectivity index (χ0n) is 7.94. The van der Waals surface area contributed by atoms with E-state index < -0.39 is 24.5 Å². The number of anilines is 1. The number of nitrogens with zero attached hydrogens (tertiary/aromatic N) is 2. The fourth-order valence-electron chi connectivity index (χ4n) is 1.16. The number of aromatic nitrogens is 1. The molecular formula is C9H7F2N3O2. The first kappa shape index (κ1) is 11.8. The average Bonchev–Trinajstić information content (AvgIpc) is 2.19. The van der Waals surface area contributed by atoms with Crippen molar-refractivity contribution < 1.29 is 18.7 Å². The zero-order chi connectivity index (χ0) is 12.3. The molecule has 0 aliphatic rings. The van der Waals surface area contributed by atoms with Crippen molar-refractivity contribution in [3.8, 4) is 6.07 Å². The number of carbonyl (C=O) groups is 1. The summed E-state index contributed by atoms with van der Waals surface area (Å²) in [6, 6.07) is 2.47. The number of pyridine rings is 1. The topological polar surface area (TPSA) is 100 Å². The zero-order valence-corrected chi connectivity index (χ0v) is 7.94. The quantitative estimate of drug-likeness (QED) is 0.805. The molecule has 0 aromatic carbocycles. The molecule has 0 unspecified atom stereocenters. The van der Waals surface area contributed by atoms with E-state index in [1.165, 1.54) is 0 Å². The summed E-state index contributed by atoms with van der Waals surface area (Å²) in [4.78, 5) is 13.8. The van der Waals surface area contributed by atoms with Crippen LogP contribution in [0.1, 0.15) is 23.2 Å². The number of nitriles is 1. The van der Waals surface area contributed by atoms with Crippen LogP contribution in [0.25, 0.3) is 0 Å². The second kappa shape index (κ2) is 4.53. The smallest absolute Gasteiger partial charge is 0.308 e. The molecule has 3 N–H and O–H groups in total. The van der Waals surface area contributed by atoms with Gasteiger partial charge in [-0.2, -0.15) is 5.26 Å². The monoisotopic (exact) mass is 227 g/mol. The van der Waals surface area contributed by atoms with Crippen molar-refractivity contribution in [2.75, 3.05) is 5.73 Å². The highest BCUT2D eigenvalue weighted by Gasteiger charge is 2.17. The van der Waals surface area contributed by atoms with Crippen molar-refractivity contribution in [3.63, 3.8) is 0 Å². The number of halogens is 2. The van der Waals surface area contributed by atoms with Crippen molar-refractivity contribution in [1.82, 2.24) is 4.98 Å². The van der Waals surface area contributed by atoms with Crippen LogP contribution in [-0.4, -0.2) is 16.1 Å². The maximum Gasteiger partial charge on any atom is 0.308 e. The summed E-state index contributed by atoms with van der Waals surface area (Å²) in [6.07, 6.45) is -3.38. The molecule has 0 spiro atoms. The van der Waals surface area contributed by atoms with Crippen molar-refractivity contribution >= 4 is 11.8 Å². The summed E-state index contributed by atoms with van der Waals surface area (Å²) < 4.78 is 24.6. The fraction of sp³-hybridized carbons (Fsp3) is 0.222. The van der Waals surface area contributed by atoms with Crippen LogP contribution in [0, 0.1) is 11.3 Å². The standard InChI is InChI=1S/C9H7F2N3O2/c10-8(11)6-1-4(3-12)5(2-7(15)16)9(13)14-6/h1,8H,2H2,(H2,13,14)(H,15,16). The average molecular weight is 227 g/mol. The van der Waals surface area contributed by atoms with Gasteiger partial charge >= 0.3 is 5.97 Å². The Balaban J connectivity index is 3.30. The van der Waals surface area contributed by atoms with E-state index in [2.05, 4.69) is 4.98 Å². The molecule has 0 bridgehead atoms. The SMILES string of the molecule is N#Cc1cc(C(F)F)nc(N)c1CC(=O)O. The van der Waals surface area contributed by atoms with Crippen LogP contribution in [0.2, 0.25) is 0 Å². The predicted molar refractivity (Wildman–Crippen MR) is 49.7 cm³/mol. The highest BCUT2D eigenvalue weighted by molar-refractivity contribution is 5.73. The number of aliphatic carboxylic acids is 1. The lowest BCUT2D eigenvalue weighted by molar-refractivity contribution is -0.136. The third kappa shape index (κ3) is 2.42. The van der Waals surface area contributed by atoms with Crippen LogP contribution in [0.4, 0.5) is 14.6 Å². The van der Waals surface area contributed by atoms with Gasteiger partial charge in [0, 0.05) is 5.56 Å². The van der Waals surface area contributed by atoms with Gasteiger partial charge in [-0.1, -0.05) is 0 Å². The lowest BCUT2D eigenvalue weighted by Gasteiger charge is -2.07. The first-order chi connectivity index (χ1) is 7.45. The van der Waals surface area contributed by atoms with E-state index in [9.17, 15) is 13.6 Å². The van der Waals surface area contributed by atoms with E-state index in [1.807, 2.05) is 0 Å². The molecule has 0 saturated carbocycles. The molecule has 7 heteroatoms. The predicted octanol–water partition coefficient (Wildman–Crippen LogP) is 1.10. The van der Waals surface area contributed by atoms with Crippen LogP contribution in [0.15, 0.2) is 6.07 Å². The highest BCUT2D eigenvalue weighted by atomic mass is 19.3. The summed E-state index contributed by atoms with van der Waals surface area (Å²) in [7, 11) is 0. The number of carboxylic acid groups (broad SMARTS) is 1. The number of alkyl halides is 2. The third-order valence-electron chi connectivity index (χ3n) is 1.85. The van der Waals surface area contributed by atoms with Gasteiger partial charge in [-0.3, -0.25) is 4.79 Å². The normalized spacial score (nSPS) is 10.1. The fourth-order valence-corrected chi connectivity index (χ4v) is 1.16. The Morgan fingerprint density at radius 1 is 1.69 bits per heavy atom. The maximum atomic E-state index is 12.3. The summed E-state index contributed by atoms with van der Waals surface area (Å²) in [5, 5.41) is 17.2. The third-order valence-corrected chi connectivity index (χ3v) is 1.85. The number of rotatable bonds is 3. The second-order valence-electron chi connectivity index (χ2n) is 2.94. The molecule has 0 radical (unpaired) electrons. The Labute approximate surface area is 89.1 Å². The van der Waals surface area contributed by atoms with Crippen LogP contribution in [-0.2, 0) is 11.2 Å². The maximum absolute atomic E-state index is 12.3. The van der Waals surface area contributed by atoms with Gasteiger partial charge in [-0.25, -0.2) is 13.8 Å². The molecule has 1 aromatic rings. The van der Waals surface area contributed by atoms with E-state index in [-0.39, 0.29) is 16.9 Å². The Hall–Kier alpha value is -2.23. The second-order valence-corrected chi connectivity index (χ2v) is 2.94. The molecule has 16 heavy (non-hydrogen) atoms. The first-order valence-electron chi connectivity index (χ1n) is 4.15. The van der Waals surface area contributed by atoms with Crippen molar-refractivity contribution in [1.29, 1.82) is 5.26 Å². The molecule has 0 atom stereocenters. The lowest BCUT2D eigenvalue weighted by Crippen LogP contribution is -2.09. The van der Waals surface area contributed by atoms with Crippen LogP contribution >= 0.6 is 0 Å². The minimum atomic E-state index is -2.85. The molecule has 1 heterocycles. The summed E-state index contributed by atoms with van der Waals surface area (Å²) in [6.45, 7) is 0. The van der Waals surface area contributed by atoms with E-state index in [0.29, 0.717) is 0 Å². The molecular weight excluding hydrogens is 220 g/mol. The van der Waals surface area contributed by atoms with Gasteiger partial charge in [0.2, 0.25) is 0 Å². The Morgan fingerprint density at radius 2 is 2.31 bits per heavy atom. The number of nitrogens with two attached hydrogens (primary N) is 1. The van der Waals surface area contributed by atoms with E-state index in [4.69, 9.17) is 16.1 Å². The van der Waals surface area contributed by atoms with Gasteiger partial charge in [0.25, 0.3) is 6.43 Å². The minimum Gasteiger partial charge on any atom is -0.481 e. The van der Waals surface area contributed by atoms with Crippen LogP contribution in [0.3, 0.4) is 0 Å². The van der Waals surface area contributed by atoms with Gasteiger partial charge in [-0.15, -0.1) is 0 Å². The number of hydrogen-bond donors (Lipinski definition) is 2. The van der Waals surface area contributed by atoms with Gasteiger partial charge in [-0.05, 0) is 6.07 Å². The van der Waals surface area contributed by atoms with Gasteiger partial charge < -0.3 is 10.8 Å². The van der Waals surface area contributed by atoms with Crippen LogP contribution < -0.4 is 5.73 Å². The number of hydrogen-bond acceptors (Lipinski definition) is 4. The van der Waals surface area contributed by atoms with Crippen molar-refractivity contribution in [2.24, 2.45) is 0 Å². The lowest BCUT2D eigenvalue weighted by atomic mass is 10.1. The Bertz CT molecular complexity index is 469. The van der Waals surface area contributed by atoms with Crippen molar-refractivity contribution in [3.05, 3.63) is 22.9 Å². The molecule has 0 saturated heterocycles. The number of nitrogen functional groups attached to an aromatic ring is 1. The highest BCUT2D eigenvalue weighted by Crippen LogP contribution is 2.23. The van der Waals surface area contributed by atoms with E-state index in [1.54, 1.807) is 6.07 Å². The largest absolute Gasteiger partial charge is 0.481 e. The summed E-state index contributed by atoms with van der Waals surface area (Å²) in [5.41, 5.74) is 4.46. The molecule has 0 aliphatic heterocycles. The molecule has 0 fully saturated rings. The van der Waals surface area contributed by atoms with Gasteiger partial charge in [0.1, 0.15) is 11.5 Å². The molecule has 0 aliphatic carbocycles. The van der Waals surface area contributed by atoms with Gasteiger partial charge in [0.15, 0.2) is 0 Å². The Morgan fingerprint density at radius 3 is 2.75 bits per heavy atom. The van der Waals surface area contributed by atoms with Crippen LogP contribution in [0.5, 0.6) is 0 Å². The first-order valence-corrected chi connectivity index (χ1v) is 4.15. The molecule has 0 amide bonds. The van der Waals surface area contributed by atoms with Gasteiger partial charge in [0.05, 0.1) is 18.1 Å². The minimum absolute atomic E-state index is 0.0422. The molecule has 1 aromatic heterocycles. The van der Waals surface area contributed by atoms with Crippen molar-refractivity contribution in [2.45, 2.75) is 12.8 Å². The summed E-state index contributed by atoms with van der Waals surface area (Å²) in [5.74, 6) is -1.56. The molecule has 1 rings (SSSR count). The van der Waals surface area contributed by atoms with E-state index >= 15 is 0 Å². The molecule has 5 nitrogen and oxygen atoms in total.